The molecule has 0 spiro atoms. The molecule has 0 radical (unpaired) electrons. The smallest absolute Gasteiger partial charge is 0.317 e. The van der Waals surface area contributed by atoms with Crippen molar-refractivity contribution < 1.29 is 19.4 Å². The fourth-order valence-corrected chi connectivity index (χ4v) is 2.24. The Morgan fingerprint density at radius 3 is 2.52 bits per heavy atom. The van der Waals surface area contributed by atoms with Gasteiger partial charge in [0, 0.05) is 26.2 Å². The van der Waals surface area contributed by atoms with E-state index in [2.05, 4.69) is 5.32 Å². The molecule has 122 valence electrons. The lowest BCUT2D eigenvalue weighted by Crippen LogP contribution is -2.50. The zero-order chi connectivity index (χ0) is 16.0. The lowest BCUT2D eigenvalue weighted by molar-refractivity contribution is -0.147. The van der Waals surface area contributed by atoms with Gasteiger partial charge in [0.15, 0.2) is 0 Å². The number of ether oxygens (including phenoxy) is 1. The molecule has 0 saturated heterocycles. The van der Waals surface area contributed by atoms with Crippen LogP contribution in [0, 0.1) is 11.3 Å². The number of carboxylic acids is 1. The number of rotatable bonds is 9. The van der Waals surface area contributed by atoms with Gasteiger partial charge in [-0.15, -0.1) is 0 Å². The molecule has 2 N–H and O–H groups in total. The van der Waals surface area contributed by atoms with E-state index in [0.717, 1.165) is 12.8 Å². The van der Waals surface area contributed by atoms with Gasteiger partial charge in [-0.1, -0.05) is 6.92 Å². The van der Waals surface area contributed by atoms with Crippen molar-refractivity contribution in [3.8, 4) is 0 Å². The summed E-state index contributed by atoms with van der Waals surface area (Å²) in [6, 6.07) is -0.0368. The van der Waals surface area contributed by atoms with Crippen molar-refractivity contribution in [2.75, 3.05) is 26.8 Å². The Labute approximate surface area is 126 Å². The average Bonchev–Trinajstić information content (AvgIpc) is 3.29. The van der Waals surface area contributed by atoms with Crippen LogP contribution in [0.3, 0.4) is 0 Å². The third-order valence-corrected chi connectivity index (χ3v) is 4.52. The average molecular weight is 300 g/mol. The summed E-state index contributed by atoms with van der Waals surface area (Å²) < 4.78 is 5.06. The summed E-state index contributed by atoms with van der Waals surface area (Å²) in [5, 5.41) is 12.0. The van der Waals surface area contributed by atoms with Crippen LogP contribution >= 0.6 is 0 Å². The third-order valence-electron chi connectivity index (χ3n) is 4.52. The van der Waals surface area contributed by atoms with Crippen molar-refractivity contribution in [2.45, 2.75) is 46.1 Å². The van der Waals surface area contributed by atoms with Crippen molar-refractivity contribution in [3.63, 3.8) is 0 Å². The van der Waals surface area contributed by atoms with Crippen molar-refractivity contribution in [1.29, 1.82) is 0 Å². The largest absolute Gasteiger partial charge is 0.481 e. The minimum absolute atomic E-state index is 0.137. The van der Waals surface area contributed by atoms with E-state index < -0.39 is 11.4 Å². The zero-order valence-electron chi connectivity index (χ0n) is 13.5. The highest BCUT2D eigenvalue weighted by atomic mass is 16.5. The summed E-state index contributed by atoms with van der Waals surface area (Å²) in [6.07, 6.45) is 2.78. The highest BCUT2D eigenvalue weighted by molar-refractivity contribution is 5.78. The second-order valence-electron chi connectivity index (χ2n) is 6.14. The van der Waals surface area contributed by atoms with Gasteiger partial charge in [0.05, 0.1) is 12.0 Å². The van der Waals surface area contributed by atoms with Crippen molar-refractivity contribution in [1.82, 2.24) is 10.2 Å². The Bertz CT molecular complexity index is 371. The van der Waals surface area contributed by atoms with E-state index in [1.807, 2.05) is 13.8 Å². The molecule has 0 bridgehead atoms. The van der Waals surface area contributed by atoms with Crippen molar-refractivity contribution in [3.05, 3.63) is 0 Å². The fraction of sp³-hybridized carbons (Fsp3) is 0.867. The molecule has 1 aliphatic carbocycles. The van der Waals surface area contributed by atoms with E-state index in [4.69, 9.17) is 4.74 Å². The number of amides is 2. The van der Waals surface area contributed by atoms with Crippen LogP contribution in [0.25, 0.3) is 0 Å². The van der Waals surface area contributed by atoms with Gasteiger partial charge in [-0.2, -0.15) is 0 Å². The molecular weight excluding hydrogens is 272 g/mol. The van der Waals surface area contributed by atoms with Crippen LogP contribution in [0.15, 0.2) is 0 Å². The molecule has 2 atom stereocenters. The Morgan fingerprint density at radius 1 is 1.48 bits per heavy atom. The number of nitrogens with one attached hydrogen (secondary N) is 1. The van der Waals surface area contributed by atoms with Crippen LogP contribution in [0.2, 0.25) is 0 Å². The Kier molecular flexibility index (Phi) is 6.45. The topological polar surface area (TPSA) is 78.9 Å². The maximum Gasteiger partial charge on any atom is 0.317 e. The number of carboxylic acid groups (broad SMARTS) is 1. The van der Waals surface area contributed by atoms with Gasteiger partial charge in [-0.25, -0.2) is 4.79 Å². The molecule has 1 saturated carbocycles. The Hall–Kier alpha value is -1.30. The van der Waals surface area contributed by atoms with Gasteiger partial charge < -0.3 is 20.1 Å². The number of urea groups is 1. The molecule has 2 amide bonds. The van der Waals surface area contributed by atoms with Crippen molar-refractivity contribution >= 4 is 12.0 Å². The Morgan fingerprint density at radius 2 is 2.10 bits per heavy atom. The van der Waals surface area contributed by atoms with Crippen LogP contribution in [-0.4, -0.2) is 54.9 Å². The normalized spacial score (nSPS) is 18.7. The molecule has 1 fully saturated rings. The van der Waals surface area contributed by atoms with Gasteiger partial charge in [-0.05, 0) is 39.0 Å². The predicted octanol–water partition coefficient (Wildman–Crippen LogP) is 1.94. The predicted molar refractivity (Wildman–Crippen MR) is 80.2 cm³/mol. The minimum atomic E-state index is -0.925. The summed E-state index contributed by atoms with van der Waals surface area (Å²) in [6.45, 7) is 6.65. The highest BCUT2D eigenvalue weighted by Crippen LogP contribution is 2.35. The second kappa shape index (κ2) is 7.64. The molecule has 0 aromatic rings. The number of methoxy groups -OCH3 is 1. The minimum Gasteiger partial charge on any atom is -0.481 e. The molecule has 21 heavy (non-hydrogen) atoms. The molecule has 1 aliphatic rings. The van der Waals surface area contributed by atoms with Crippen LogP contribution in [-0.2, 0) is 9.53 Å². The Balaban J connectivity index is 2.61. The first-order chi connectivity index (χ1) is 9.85. The van der Waals surface area contributed by atoms with E-state index in [1.165, 1.54) is 0 Å². The van der Waals surface area contributed by atoms with Gasteiger partial charge in [0.2, 0.25) is 0 Å². The summed E-state index contributed by atoms with van der Waals surface area (Å²) >= 11 is 0. The van der Waals surface area contributed by atoms with Crippen LogP contribution in [0.1, 0.15) is 40.0 Å². The molecule has 1 rings (SSSR count). The van der Waals surface area contributed by atoms with Gasteiger partial charge in [0.1, 0.15) is 0 Å². The van der Waals surface area contributed by atoms with E-state index in [-0.39, 0.29) is 18.6 Å². The number of hydrogen-bond acceptors (Lipinski definition) is 3. The van der Waals surface area contributed by atoms with Crippen LogP contribution in [0.5, 0.6) is 0 Å². The number of aliphatic carboxylic acids is 1. The first-order valence-corrected chi connectivity index (χ1v) is 7.62. The monoisotopic (exact) mass is 300 g/mol. The molecule has 0 aromatic heterocycles. The first kappa shape index (κ1) is 17.8. The maximum absolute atomic E-state index is 12.4. The zero-order valence-corrected chi connectivity index (χ0v) is 13.5. The molecular formula is C15H28N2O4. The van der Waals surface area contributed by atoms with E-state index in [0.29, 0.717) is 25.5 Å². The van der Waals surface area contributed by atoms with E-state index >= 15 is 0 Å². The first-order valence-electron chi connectivity index (χ1n) is 7.62. The summed E-state index contributed by atoms with van der Waals surface area (Å²) in [4.78, 5) is 25.4. The number of hydrogen-bond donors (Lipinski definition) is 2. The van der Waals surface area contributed by atoms with Crippen LogP contribution < -0.4 is 5.32 Å². The SMILES string of the molecule is CCC(C)(CNC(=O)N(CCOC)C(C)C1CC1)C(=O)O. The molecule has 6 nitrogen and oxygen atoms in total. The van der Waals surface area contributed by atoms with E-state index in [9.17, 15) is 14.7 Å². The van der Waals surface area contributed by atoms with Gasteiger partial charge in [-0.3, -0.25) is 4.79 Å². The number of carbonyl (C=O) groups is 2. The van der Waals surface area contributed by atoms with Gasteiger partial charge >= 0.3 is 12.0 Å². The van der Waals surface area contributed by atoms with E-state index in [1.54, 1.807) is 18.9 Å². The van der Waals surface area contributed by atoms with Crippen molar-refractivity contribution in [2.24, 2.45) is 11.3 Å². The quantitative estimate of drug-likeness (QED) is 0.682. The molecule has 0 aliphatic heterocycles. The molecule has 0 aromatic carbocycles. The summed E-state index contributed by atoms with van der Waals surface area (Å²) in [5.74, 6) is -0.325. The number of nitrogens with zero attached hydrogens (tertiary/aromatic N) is 1. The highest BCUT2D eigenvalue weighted by Gasteiger charge is 2.36. The molecule has 6 heteroatoms. The third kappa shape index (κ3) is 4.88. The molecule has 2 unspecified atom stereocenters. The molecule has 0 heterocycles. The van der Waals surface area contributed by atoms with Gasteiger partial charge in [0.25, 0.3) is 0 Å². The lowest BCUT2D eigenvalue weighted by Gasteiger charge is -2.31. The summed E-state index contributed by atoms with van der Waals surface area (Å²) in [7, 11) is 1.61. The number of carbonyl (C=O) groups excluding carboxylic acids is 1. The standard InChI is InChI=1S/C15H28N2O4/c1-5-15(3,13(18)19)10-16-14(20)17(8-9-21-4)11(2)12-6-7-12/h11-12H,5-10H2,1-4H3,(H,16,20)(H,18,19). The maximum atomic E-state index is 12.4. The second-order valence-corrected chi connectivity index (χ2v) is 6.14. The fourth-order valence-electron chi connectivity index (χ4n) is 2.24. The summed E-state index contributed by atoms with van der Waals surface area (Å²) in [5.41, 5.74) is -0.925. The van der Waals surface area contributed by atoms with Crippen LogP contribution in [0.4, 0.5) is 4.79 Å². The lowest BCUT2D eigenvalue weighted by atomic mass is 9.88.